The third-order valence-electron chi connectivity index (χ3n) is 6.03. The minimum atomic E-state index is -2.03. The molecule has 0 aromatic heterocycles. The Balaban J connectivity index is 1.74. The summed E-state index contributed by atoms with van der Waals surface area (Å²) < 4.78 is 3.05. The molecule has 2 nitrogen and oxygen atoms in total. The summed E-state index contributed by atoms with van der Waals surface area (Å²) in [6, 6.07) is 35.4. The molecular weight excluding hydrogens is 419 g/mol. The van der Waals surface area contributed by atoms with Crippen LogP contribution in [0.2, 0.25) is 11.6 Å². The molecule has 2 aliphatic rings. The van der Waals surface area contributed by atoms with Crippen molar-refractivity contribution in [2.75, 3.05) is 9.80 Å². The van der Waals surface area contributed by atoms with Gasteiger partial charge in [-0.15, -0.1) is 0 Å². The SMILES string of the molecule is C[Se]1(C)c2ccccc2N2c3ccccc3N(c3ccccc3)c3cccc1c32. The Hall–Kier alpha value is -3.00. The quantitative estimate of drug-likeness (QED) is 0.291. The minimum absolute atomic E-state index is 1.20. The van der Waals surface area contributed by atoms with Crippen molar-refractivity contribution in [3.05, 3.63) is 97.1 Å². The van der Waals surface area contributed by atoms with Gasteiger partial charge < -0.3 is 0 Å². The summed E-state index contributed by atoms with van der Waals surface area (Å²) in [6.45, 7) is 0. The maximum absolute atomic E-state index is 2.50. The van der Waals surface area contributed by atoms with Crippen LogP contribution in [0.3, 0.4) is 0 Å². The summed E-state index contributed by atoms with van der Waals surface area (Å²) in [5.41, 5.74) is 7.65. The van der Waals surface area contributed by atoms with E-state index in [0.717, 1.165) is 0 Å². The van der Waals surface area contributed by atoms with Crippen LogP contribution in [0.4, 0.5) is 34.1 Å². The second kappa shape index (κ2) is 6.00. The van der Waals surface area contributed by atoms with Crippen LogP contribution in [0.25, 0.3) is 0 Å². The second-order valence-electron chi connectivity index (χ2n) is 7.91. The number of rotatable bonds is 1. The standard InChI is InChI=1S/C26H22N2Se/c1-29(2)24-17-9-8-15-22(24)28-21-14-7-6-13-20(21)27(19-11-4-3-5-12-19)23-16-10-18-25(29)26(23)28/h3-18H,1-2H3. The van der Waals surface area contributed by atoms with E-state index >= 15 is 0 Å². The van der Waals surface area contributed by atoms with Gasteiger partial charge in [-0.1, -0.05) is 0 Å². The molecule has 0 amide bonds. The zero-order valence-electron chi connectivity index (χ0n) is 16.5. The fourth-order valence-corrected chi connectivity index (χ4v) is 9.83. The van der Waals surface area contributed by atoms with E-state index in [2.05, 4.69) is 119 Å². The van der Waals surface area contributed by atoms with E-state index in [1.54, 1.807) is 0 Å². The van der Waals surface area contributed by atoms with E-state index in [0.29, 0.717) is 0 Å². The molecule has 0 atom stereocenters. The number of benzene rings is 4. The third kappa shape index (κ3) is 2.23. The molecular formula is C26H22N2Se. The molecule has 4 aromatic rings. The molecule has 4 aromatic carbocycles. The molecule has 0 radical (unpaired) electrons. The summed E-state index contributed by atoms with van der Waals surface area (Å²) in [5, 5.41) is 0. The van der Waals surface area contributed by atoms with Gasteiger partial charge in [0.15, 0.2) is 0 Å². The Kier molecular flexibility index (Phi) is 3.50. The van der Waals surface area contributed by atoms with Gasteiger partial charge in [0.05, 0.1) is 0 Å². The first kappa shape index (κ1) is 16.9. The molecule has 2 aliphatic heterocycles. The number of nitrogens with zero attached hydrogens (tertiary/aromatic N) is 2. The van der Waals surface area contributed by atoms with Crippen LogP contribution in [0.15, 0.2) is 97.1 Å². The van der Waals surface area contributed by atoms with Gasteiger partial charge in [-0.3, -0.25) is 0 Å². The maximum atomic E-state index is 2.50. The second-order valence-corrected chi connectivity index (χ2v) is 15.3. The predicted molar refractivity (Wildman–Crippen MR) is 126 cm³/mol. The summed E-state index contributed by atoms with van der Waals surface area (Å²) in [4.78, 5) is 4.92. The van der Waals surface area contributed by atoms with Gasteiger partial charge in [0.25, 0.3) is 0 Å². The Labute approximate surface area is 174 Å². The van der Waals surface area contributed by atoms with Crippen molar-refractivity contribution in [1.82, 2.24) is 0 Å². The fraction of sp³-hybridized carbons (Fsp3) is 0.0769. The molecule has 0 fully saturated rings. The first-order valence-corrected chi connectivity index (χ1v) is 15.0. The van der Waals surface area contributed by atoms with E-state index < -0.39 is 12.8 Å². The molecule has 0 bridgehead atoms. The molecule has 0 N–H and O–H groups in total. The van der Waals surface area contributed by atoms with Gasteiger partial charge in [0.2, 0.25) is 0 Å². The van der Waals surface area contributed by atoms with Crippen LogP contribution in [0.5, 0.6) is 0 Å². The number of para-hydroxylation sites is 5. The molecule has 3 heteroatoms. The molecule has 29 heavy (non-hydrogen) atoms. The Morgan fingerprint density at radius 1 is 0.483 bits per heavy atom. The number of hydrogen-bond acceptors (Lipinski definition) is 2. The van der Waals surface area contributed by atoms with E-state index in [1.165, 1.54) is 43.0 Å². The predicted octanol–water partition coefficient (Wildman–Crippen LogP) is 6.08. The first-order valence-electron chi connectivity index (χ1n) is 9.88. The average Bonchev–Trinajstić information content (AvgIpc) is 2.77. The van der Waals surface area contributed by atoms with Crippen molar-refractivity contribution in [1.29, 1.82) is 0 Å². The molecule has 0 aliphatic carbocycles. The number of anilines is 6. The Morgan fingerprint density at radius 2 is 1.03 bits per heavy atom. The van der Waals surface area contributed by atoms with Gasteiger partial charge in [0, 0.05) is 0 Å². The monoisotopic (exact) mass is 442 g/mol. The van der Waals surface area contributed by atoms with E-state index in [4.69, 9.17) is 0 Å². The first-order chi connectivity index (χ1) is 14.2. The molecule has 0 spiro atoms. The molecule has 6 rings (SSSR count). The Bertz CT molecular complexity index is 1250. The average molecular weight is 441 g/mol. The fourth-order valence-electron chi connectivity index (χ4n) is 4.72. The van der Waals surface area contributed by atoms with Crippen molar-refractivity contribution in [3.63, 3.8) is 0 Å². The van der Waals surface area contributed by atoms with E-state index in [1.807, 2.05) is 0 Å². The van der Waals surface area contributed by atoms with Crippen molar-refractivity contribution in [2.45, 2.75) is 11.6 Å². The zero-order chi connectivity index (χ0) is 19.6. The van der Waals surface area contributed by atoms with Crippen LogP contribution in [0, 0.1) is 0 Å². The van der Waals surface area contributed by atoms with Crippen molar-refractivity contribution in [2.24, 2.45) is 0 Å². The summed E-state index contributed by atoms with van der Waals surface area (Å²) >= 11 is -2.03. The van der Waals surface area contributed by atoms with Gasteiger partial charge in [-0.2, -0.15) is 0 Å². The van der Waals surface area contributed by atoms with Crippen LogP contribution >= 0.6 is 0 Å². The van der Waals surface area contributed by atoms with Crippen LogP contribution in [0.1, 0.15) is 0 Å². The summed E-state index contributed by atoms with van der Waals surface area (Å²) in [6.07, 6.45) is 0. The molecule has 0 unspecified atom stereocenters. The van der Waals surface area contributed by atoms with E-state index in [9.17, 15) is 0 Å². The zero-order valence-corrected chi connectivity index (χ0v) is 18.3. The van der Waals surface area contributed by atoms with Gasteiger partial charge >= 0.3 is 174 Å². The number of hydrogen-bond donors (Lipinski definition) is 0. The third-order valence-corrected chi connectivity index (χ3v) is 12.1. The summed E-state index contributed by atoms with van der Waals surface area (Å²) in [5.74, 6) is 4.99. The molecule has 0 saturated carbocycles. The topological polar surface area (TPSA) is 6.48 Å². The van der Waals surface area contributed by atoms with Gasteiger partial charge in [-0.05, 0) is 0 Å². The van der Waals surface area contributed by atoms with Gasteiger partial charge in [-0.25, -0.2) is 0 Å². The van der Waals surface area contributed by atoms with Crippen LogP contribution in [-0.2, 0) is 0 Å². The van der Waals surface area contributed by atoms with Crippen molar-refractivity contribution >= 4 is 55.9 Å². The normalized spacial score (nSPS) is 16.5. The molecule has 142 valence electrons. The van der Waals surface area contributed by atoms with E-state index in [-0.39, 0.29) is 0 Å². The van der Waals surface area contributed by atoms with Crippen molar-refractivity contribution < 1.29 is 0 Å². The van der Waals surface area contributed by atoms with Gasteiger partial charge in [0.1, 0.15) is 0 Å². The summed E-state index contributed by atoms with van der Waals surface area (Å²) in [7, 11) is 0. The Morgan fingerprint density at radius 3 is 1.79 bits per heavy atom. The van der Waals surface area contributed by atoms with Crippen LogP contribution in [-0.4, -0.2) is 12.8 Å². The van der Waals surface area contributed by atoms with Crippen molar-refractivity contribution in [3.8, 4) is 0 Å². The van der Waals surface area contributed by atoms with Crippen LogP contribution < -0.4 is 18.7 Å². The number of fused-ring (bicyclic) bond motifs is 4. The molecule has 2 heterocycles. The molecule has 0 saturated heterocycles.